The zero-order valence-electron chi connectivity index (χ0n) is 12.8. The van der Waals surface area contributed by atoms with E-state index in [0.29, 0.717) is 21.5 Å². The number of nitrogens with one attached hydrogen (secondary N) is 1. The Bertz CT molecular complexity index is 588. The molecule has 0 radical (unpaired) electrons. The summed E-state index contributed by atoms with van der Waals surface area (Å²) in [6.07, 6.45) is 1.48. The molecule has 0 aliphatic heterocycles. The summed E-state index contributed by atoms with van der Waals surface area (Å²) in [5, 5.41) is 3.78. The molecule has 8 heteroatoms. The number of halogens is 1. The van der Waals surface area contributed by atoms with E-state index in [1.165, 1.54) is 25.1 Å². The molecular weight excluding hydrogens is 354 g/mol. The summed E-state index contributed by atoms with van der Waals surface area (Å²) in [6.45, 7) is 1.27. The van der Waals surface area contributed by atoms with Crippen molar-refractivity contribution >= 4 is 34.0 Å². The van der Waals surface area contributed by atoms with E-state index in [1.807, 2.05) is 0 Å². The first-order valence-corrected chi connectivity index (χ1v) is 7.14. The molecule has 0 aromatic heterocycles. The predicted molar refractivity (Wildman–Crippen MR) is 86.3 cm³/mol. The number of hydrogen-bond acceptors (Lipinski definition) is 5. The number of carbonyl (C=O) groups excluding carboxylic acids is 2. The van der Waals surface area contributed by atoms with Crippen molar-refractivity contribution in [3.63, 3.8) is 0 Å². The topological polar surface area (TPSA) is 80.2 Å². The van der Waals surface area contributed by atoms with Crippen LogP contribution in [0.1, 0.15) is 12.5 Å². The maximum Gasteiger partial charge on any atom is 0.259 e. The minimum absolute atomic E-state index is 0.0959. The van der Waals surface area contributed by atoms with Gasteiger partial charge in [0.15, 0.2) is 18.1 Å². The van der Waals surface area contributed by atoms with Crippen molar-refractivity contribution in [3.05, 3.63) is 22.2 Å². The molecular formula is C14H18BrN3O4. The van der Waals surface area contributed by atoms with Crippen LogP contribution in [0, 0.1) is 0 Å². The van der Waals surface area contributed by atoms with Gasteiger partial charge in [-0.15, -0.1) is 0 Å². The maximum absolute atomic E-state index is 11.6. The van der Waals surface area contributed by atoms with Gasteiger partial charge < -0.3 is 14.4 Å². The number of benzene rings is 1. The van der Waals surface area contributed by atoms with Gasteiger partial charge in [-0.3, -0.25) is 9.59 Å². The Morgan fingerprint density at radius 3 is 2.64 bits per heavy atom. The van der Waals surface area contributed by atoms with Crippen molar-refractivity contribution in [2.75, 3.05) is 27.8 Å². The Morgan fingerprint density at radius 1 is 1.41 bits per heavy atom. The second kappa shape index (κ2) is 8.38. The van der Waals surface area contributed by atoms with E-state index >= 15 is 0 Å². The lowest BCUT2D eigenvalue weighted by molar-refractivity contribution is -0.130. The quantitative estimate of drug-likeness (QED) is 0.605. The molecule has 0 heterocycles. The first-order chi connectivity index (χ1) is 10.3. The van der Waals surface area contributed by atoms with Crippen molar-refractivity contribution in [3.8, 4) is 11.5 Å². The molecule has 1 aromatic carbocycles. The molecule has 120 valence electrons. The predicted octanol–water partition coefficient (Wildman–Crippen LogP) is 1.39. The molecule has 0 bridgehead atoms. The van der Waals surface area contributed by atoms with Gasteiger partial charge in [-0.2, -0.15) is 5.10 Å². The number of rotatable bonds is 6. The molecule has 0 aliphatic carbocycles. The van der Waals surface area contributed by atoms with Gasteiger partial charge in [0, 0.05) is 21.0 Å². The lowest BCUT2D eigenvalue weighted by Gasteiger charge is -2.15. The summed E-state index contributed by atoms with van der Waals surface area (Å²) >= 11 is 3.37. The summed E-state index contributed by atoms with van der Waals surface area (Å²) in [5.41, 5.74) is 3.01. The zero-order valence-corrected chi connectivity index (χ0v) is 14.4. The molecule has 0 atom stereocenters. The van der Waals surface area contributed by atoms with E-state index in [4.69, 9.17) is 9.47 Å². The lowest BCUT2D eigenvalue weighted by atomic mass is 10.2. The van der Waals surface area contributed by atoms with Crippen LogP contribution in [0.5, 0.6) is 11.5 Å². The van der Waals surface area contributed by atoms with Crippen LogP contribution in [0.3, 0.4) is 0 Å². The molecule has 0 spiro atoms. The smallest absolute Gasteiger partial charge is 0.259 e. The van der Waals surface area contributed by atoms with Crippen LogP contribution in [-0.2, 0) is 9.59 Å². The standard InChI is InChI=1S/C14H18BrN3O4/c1-9(19)17-16-7-10-5-11(15)14(12(6-10)21-4)22-8-13(20)18(2)3/h5-7H,8H2,1-4H3,(H,17,19)/b16-7-. The fourth-order valence-electron chi connectivity index (χ4n) is 1.42. The second-order valence-corrected chi connectivity index (χ2v) is 5.39. The first-order valence-electron chi connectivity index (χ1n) is 6.35. The third-order valence-corrected chi connectivity index (χ3v) is 3.12. The van der Waals surface area contributed by atoms with Gasteiger partial charge in [-0.1, -0.05) is 0 Å². The number of ether oxygens (including phenoxy) is 2. The van der Waals surface area contributed by atoms with Crippen LogP contribution < -0.4 is 14.9 Å². The first kappa shape index (κ1) is 18.0. The van der Waals surface area contributed by atoms with Crippen molar-refractivity contribution < 1.29 is 19.1 Å². The van der Waals surface area contributed by atoms with Gasteiger partial charge in [-0.05, 0) is 33.6 Å². The van der Waals surface area contributed by atoms with E-state index in [0.717, 1.165) is 0 Å². The molecule has 1 N–H and O–H groups in total. The van der Waals surface area contributed by atoms with Crippen LogP contribution >= 0.6 is 15.9 Å². The van der Waals surface area contributed by atoms with Crippen LogP contribution in [0.2, 0.25) is 0 Å². The summed E-state index contributed by atoms with van der Waals surface area (Å²) in [4.78, 5) is 23.8. The van der Waals surface area contributed by atoms with Crippen molar-refractivity contribution in [1.82, 2.24) is 10.3 Å². The van der Waals surface area contributed by atoms with Crippen LogP contribution in [-0.4, -0.2) is 50.7 Å². The average Bonchev–Trinajstić information content (AvgIpc) is 2.44. The Labute approximate surface area is 137 Å². The van der Waals surface area contributed by atoms with Gasteiger partial charge in [-0.25, -0.2) is 5.43 Å². The highest BCUT2D eigenvalue weighted by molar-refractivity contribution is 9.10. The van der Waals surface area contributed by atoms with Gasteiger partial charge in [0.25, 0.3) is 5.91 Å². The lowest BCUT2D eigenvalue weighted by Crippen LogP contribution is -2.27. The molecule has 1 rings (SSSR count). The third kappa shape index (κ3) is 5.36. The largest absolute Gasteiger partial charge is 0.493 e. The number of hydrazone groups is 1. The summed E-state index contributed by atoms with van der Waals surface area (Å²) in [7, 11) is 4.80. The van der Waals surface area contributed by atoms with E-state index in [2.05, 4.69) is 26.5 Å². The molecule has 0 saturated carbocycles. The number of amides is 2. The fourth-order valence-corrected chi connectivity index (χ4v) is 1.99. The van der Waals surface area contributed by atoms with Crippen molar-refractivity contribution in [1.29, 1.82) is 0 Å². The van der Waals surface area contributed by atoms with Gasteiger partial charge in [0.05, 0.1) is 17.8 Å². The Hall–Kier alpha value is -2.09. The molecule has 0 unspecified atom stereocenters. The van der Waals surface area contributed by atoms with Gasteiger partial charge in [0.1, 0.15) is 0 Å². The molecule has 22 heavy (non-hydrogen) atoms. The van der Waals surface area contributed by atoms with E-state index in [9.17, 15) is 9.59 Å². The minimum atomic E-state index is -0.260. The number of hydrogen-bond donors (Lipinski definition) is 1. The molecule has 0 aliphatic rings. The van der Waals surface area contributed by atoms with Crippen LogP contribution in [0.4, 0.5) is 0 Å². The number of nitrogens with zero attached hydrogens (tertiary/aromatic N) is 2. The third-order valence-electron chi connectivity index (χ3n) is 2.53. The molecule has 1 aromatic rings. The van der Waals surface area contributed by atoms with E-state index in [-0.39, 0.29) is 18.4 Å². The summed E-state index contributed by atoms with van der Waals surface area (Å²) in [5.74, 6) is 0.453. The second-order valence-electron chi connectivity index (χ2n) is 4.54. The van der Waals surface area contributed by atoms with Crippen molar-refractivity contribution in [2.45, 2.75) is 6.92 Å². The Kier molecular flexibility index (Phi) is 6.84. The Morgan fingerprint density at radius 2 is 2.09 bits per heavy atom. The SMILES string of the molecule is COc1cc(/C=N\NC(C)=O)cc(Br)c1OCC(=O)N(C)C. The van der Waals surface area contributed by atoms with Crippen LogP contribution in [0.25, 0.3) is 0 Å². The molecule has 7 nitrogen and oxygen atoms in total. The average molecular weight is 372 g/mol. The molecule has 0 fully saturated rings. The van der Waals surface area contributed by atoms with E-state index < -0.39 is 0 Å². The summed E-state index contributed by atoms with van der Waals surface area (Å²) < 4.78 is 11.4. The highest BCUT2D eigenvalue weighted by atomic mass is 79.9. The van der Waals surface area contributed by atoms with Gasteiger partial charge >= 0.3 is 0 Å². The zero-order chi connectivity index (χ0) is 16.7. The molecule has 0 saturated heterocycles. The minimum Gasteiger partial charge on any atom is -0.493 e. The molecule has 2 amide bonds. The number of likely N-dealkylation sites (N-methyl/N-ethyl adjacent to an activating group) is 1. The maximum atomic E-state index is 11.6. The Balaban J connectivity index is 2.93. The number of methoxy groups -OCH3 is 1. The fraction of sp³-hybridized carbons (Fsp3) is 0.357. The van der Waals surface area contributed by atoms with Gasteiger partial charge in [0.2, 0.25) is 5.91 Å². The van der Waals surface area contributed by atoms with Crippen LogP contribution in [0.15, 0.2) is 21.7 Å². The van der Waals surface area contributed by atoms with Crippen molar-refractivity contribution in [2.24, 2.45) is 5.10 Å². The highest BCUT2D eigenvalue weighted by Gasteiger charge is 2.13. The summed E-state index contributed by atoms with van der Waals surface area (Å²) in [6, 6.07) is 3.43. The normalized spacial score (nSPS) is 10.4. The highest BCUT2D eigenvalue weighted by Crippen LogP contribution is 2.36. The number of carbonyl (C=O) groups is 2. The van der Waals surface area contributed by atoms with E-state index in [1.54, 1.807) is 26.2 Å². The monoisotopic (exact) mass is 371 g/mol.